The fraction of sp³-hybridized carbons (Fsp3) is 0.467. The lowest BCUT2D eigenvalue weighted by Crippen LogP contribution is -2.56. The lowest BCUT2D eigenvalue weighted by atomic mass is 9.93. The largest absolute Gasteiger partial charge is 0.480 e. The first-order valence-corrected chi connectivity index (χ1v) is 6.78. The van der Waals surface area contributed by atoms with E-state index in [-0.39, 0.29) is 0 Å². The van der Waals surface area contributed by atoms with Gasteiger partial charge in [0.25, 0.3) is 0 Å². The van der Waals surface area contributed by atoms with Gasteiger partial charge in [-0.1, -0.05) is 43.7 Å². The van der Waals surface area contributed by atoms with E-state index in [9.17, 15) is 14.7 Å². The molecule has 1 aromatic rings. The Hall–Kier alpha value is -2.04. The second-order valence-corrected chi connectivity index (χ2v) is 4.89. The highest BCUT2D eigenvalue weighted by atomic mass is 16.4. The number of carboxylic acids is 1. The van der Waals surface area contributed by atoms with Crippen molar-refractivity contribution in [3.63, 3.8) is 0 Å². The maximum Gasteiger partial charge on any atom is 0.329 e. The Morgan fingerprint density at radius 1 is 1.25 bits per heavy atom. The summed E-state index contributed by atoms with van der Waals surface area (Å²) in [5.41, 5.74) is 0.900. The Labute approximate surface area is 119 Å². The van der Waals surface area contributed by atoms with E-state index in [1.165, 1.54) is 0 Å². The Kier molecular flexibility index (Phi) is 5.55. The van der Waals surface area contributed by atoms with Crippen molar-refractivity contribution in [2.45, 2.75) is 45.7 Å². The standard InChI is InChI=1S/C15H22N2O3/c1-4-15(5-2,13(18)19)17-14(20)16-10-12-8-6-7-11(3)9-12/h6-9H,4-5,10H2,1-3H3,(H,18,19)(H2,16,17,20). The summed E-state index contributed by atoms with van der Waals surface area (Å²) in [6.45, 7) is 5.85. The molecule has 1 rings (SSSR count). The molecule has 3 N–H and O–H groups in total. The van der Waals surface area contributed by atoms with Crippen molar-refractivity contribution in [3.05, 3.63) is 35.4 Å². The van der Waals surface area contributed by atoms with Crippen molar-refractivity contribution < 1.29 is 14.7 Å². The predicted octanol–water partition coefficient (Wildman–Crippen LogP) is 2.44. The number of aliphatic carboxylic acids is 1. The number of amides is 2. The number of carbonyl (C=O) groups is 2. The molecular formula is C15H22N2O3. The quantitative estimate of drug-likeness (QED) is 0.748. The topological polar surface area (TPSA) is 78.4 Å². The van der Waals surface area contributed by atoms with Crippen LogP contribution in [0.25, 0.3) is 0 Å². The third kappa shape index (κ3) is 3.98. The van der Waals surface area contributed by atoms with Gasteiger partial charge in [0.15, 0.2) is 0 Å². The molecule has 0 aliphatic rings. The molecule has 1 aromatic carbocycles. The van der Waals surface area contributed by atoms with Crippen molar-refractivity contribution in [2.24, 2.45) is 0 Å². The first-order chi connectivity index (χ1) is 9.43. The van der Waals surface area contributed by atoms with Gasteiger partial charge in [0.05, 0.1) is 0 Å². The maximum absolute atomic E-state index is 11.9. The molecule has 2 amide bonds. The highest BCUT2D eigenvalue weighted by Gasteiger charge is 2.36. The molecule has 110 valence electrons. The number of urea groups is 1. The zero-order valence-electron chi connectivity index (χ0n) is 12.2. The minimum Gasteiger partial charge on any atom is -0.480 e. The van der Waals surface area contributed by atoms with E-state index < -0.39 is 17.5 Å². The number of rotatable bonds is 6. The number of carbonyl (C=O) groups excluding carboxylic acids is 1. The van der Waals surface area contributed by atoms with Gasteiger partial charge in [-0.15, -0.1) is 0 Å². The van der Waals surface area contributed by atoms with Crippen LogP contribution in [0.5, 0.6) is 0 Å². The fourth-order valence-electron chi connectivity index (χ4n) is 2.05. The summed E-state index contributed by atoms with van der Waals surface area (Å²) in [4.78, 5) is 23.1. The Bertz CT molecular complexity index is 482. The van der Waals surface area contributed by atoms with Gasteiger partial charge >= 0.3 is 12.0 Å². The van der Waals surface area contributed by atoms with Gasteiger partial charge < -0.3 is 15.7 Å². The normalized spacial score (nSPS) is 10.9. The molecule has 0 heterocycles. The summed E-state index contributed by atoms with van der Waals surface area (Å²) in [5.74, 6) is -1.01. The van der Waals surface area contributed by atoms with Gasteiger partial charge in [-0.2, -0.15) is 0 Å². The van der Waals surface area contributed by atoms with E-state index in [2.05, 4.69) is 10.6 Å². The van der Waals surface area contributed by atoms with Crippen molar-refractivity contribution >= 4 is 12.0 Å². The third-order valence-corrected chi connectivity index (χ3v) is 3.50. The summed E-state index contributed by atoms with van der Waals surface area (Å²) in [5, 5.41) is 14.5. The van der Waals surface area contributed by atoms with Crippen LogP contribution in [0.15, 0.2) is 24.3 Å². The number of hydrogen-bond donors (Lipinski definition) is 3. The van der Waals surface area contributed by atoms with Gasteiger partial charge in [-0.3, -0.25) is 0 Å². The van der Waals surface area contributed by atoms with Gasteiger partial charge in [0, 0.05) is 6.54 Å². The van der Waals surface area contributed by atoms with Crippen molar-refractivity contribution in [3.8, 4) is 0 Å². The molecule has 0 saturated carbocycles. The lowest BCUT2D eigenvalue weighted by Gasteiger charge is -2.28. The molecule has 0 unspecified atom stereocenters. The van der Waals surface area contributed by atoms with E-state index in [4.69, 9.17) is 0 Å². The number of aryl methyl sites for hydroxylation is 1. The van der Waals surface area contributed by atoms with E-state index >= 15 is 0 Å². The minimum absolute atomic E-state index is 0.344. The predicted molar refractivity (Wildman–Crippen MR) is 77.5 cm³/mol. The van der Waals surface area contributed by atoms with Gasteiger partial charge in [-0.05, 0) is 25.3 Å². The van der Waals surface area contributed by atoms with Crippen LogP contribution in [0, 0.1) is 6.92 Å². The molecule has 0 bridgehead atoms. The summed E-state index contributed by atoms with van der Waals surface area (Å²) < 4.78 is 0. The highest BCUT2D eigenvalue weighted by Crippen LogP contribution is 2.15. The zero-order valence-corrected chi connectivity index (χ0v) is 12.2. The molecule has 0 fully saturated rings. The second-order valence-electron chi connectivity index (χ2n) is 4.89. The number of carboxylic acid groups (broad SMARTS) is 1. The lowest BCUT2D eigenvalue weighted by molar-refractivity contribution is -0.144. The van der Waals surface area contributed by atoms with Crippen LogP contribution in [-0.4, -0.2) is 22.6 Å². The Morgan fingerprint density at radius 3 is 2.40 bits per heavy atom. The minimum atomic E-state index is -1.20. The molecular weight excluding hydrogens is 256 g/mol. The van der Waals surface area contributed by atoms with E-state index in [1.54, 1.807) is 13.8 Å². The molecule has 0 aliphatic heterocycles. The SMILES string of the molecule is CCC(CC)(NC(=O)NCc1cccc(C)c1)C(=O)O. The van der Waals surface area contributed by atoms with Crippen molar-refractivity contribution in [2.75, 3.05) is 0 Å². The van der Waals surface area contributed by atoms with Gasteiger partial charge in [0.1, 0.15) is 5.54 Å². The monoisotopic (exact) mass is 278 g/mol. The summed E-state index contributed by atoms with van der Waals surface area (Å²) >= 11 is 0. The first kappa shape index (κ1) is 16.0. The first-order valence-electron chi connectivity index (χ1n) is 6.78. The van der Waals surface area contributed by atoms with Crippen LogP contribution < -0.4 is 10.6 Å². The molecule has 0 radical (unpaired) electrons. The van der Waals surface area contributed by atoms with Crippen molar-refractivity contribution in [1.29, 1.82) is 0 Å². The average Bonchev–Trinajstić information content (AvgIpc) is 2.42. The number of hydrogen-bond acceptors (Lipinski definition) is 2. The average molecular weight is 278 g/mol. The molecule has 0 spiro atoms. The summed E-state index contributed by atoms with van der Waals surface area (Å²) in [6.07, 6.45) is 0.688. The molecule has 5 heteroatoms. The fourth-order valence-corrected chi connectivity index (χ4v) is 2.05. The van der Waals surface area contributed by atoms with Gasteiger partial charge in [0.2, 0.25) is 0 Å². The molecule has 0 aromatic heterocycles. The van der Waals surface area contributed by atoms with E-state index in [0.29, 0.717) is 19.4 Å². The summed E-state index contributed by atoms with van der Waals surface area (Å²) in [6, 6.07) is 7.33. The van der Waals surface area contributed by atoms with Crippen LogP contribution in [0.1, 0.15) is 37.8 Å². The van der Waals surface area contributed by atoms with Crippen LogP contribution in [0.3, 0.4) is 0 Å². The third-order valence-electron chi connectivity index (χ3n) is 3.50. The smallest absolute Gasteiger partial charge is 0.329 e. The Morgan fingerprint density at radius 2 is 1.90 bits per heavy atom. The van der Waals surface area contributed by atoms with E-state index in [1.807, 2.05) is 31.2 Å². The molecule has 0 aliphatic carbocycles. The van der Waals surface area contributed by atoms with E-state index in [0.717, 1.165) is 11.1 Å². The van der Waals surface area contributed by atoms with Gasteiger partial charge in [-0.25, -0.2) is 9.59 Å². The highest BCUT2D eigenvalue weighted by molar-refractivity contribution is 5.86. The van der Waals surface area contributed by atoms with Crippen LogP contribution in [0.2, 0.25) is 0 Å². The van der Waals surface area contributed by atoms with Crippen LogP contribution >= 0.6 is 0 Å². The number of benzene rings is 1. The Balaban J connectivity index is 2.61. The van der Waals surface area contributed by atoms with Crippen LogP contribution in [0.4, 0.5) is 4.79 Å². The molecule has 0 atom stereocenters. The van der Waals surface area contributed by atoms with Crippen LogP contribution in [-0.2, 0) is 11.3 Å². The second kappa shape index (κ2) is 6.93. The molecule has 20 heavy (non-hydrogen) atoms. The summed E-state index contributed by atoms with van der Waals surface area (Å²) in [7, 11) is 0. The zero-order chi connectivity index (χ0) is 15.2. The number of nitrogens with one attached hydrogen (secondary N) is 2. The molecule has 0 saturated heterocycles. The van der Waals surface area contributed by atoms with Crippen molar-refractivity contribution in [1.82, 2.24) is 10.6 Å². The molecule has 5 nitrogen and oxygen atoms in total. The maximum atomic E-state index is 11.9.